The zero-order chi connectivity index (χ0) is 5.33. The number of hydrogen-bond acceptors (Lipinski definition) is 0. The summed E-state index contributed by atoms with van der Waals surface area (Å²) in [7, 11) is 0. The molecule has 0 aromatic carbocycles. The van der Waals surface area contributed by atoms with Crippen molar-refractivity contribution in [1.82, 2.24) is 0 Å². The van der Waals surface area contributed by atoms with Crippen LogP contribution in [0.15, 0.2) is 24.3 Å². The minimum atomic E-state index is 0.146. The Balaban J connectivity index is 2.77. The Morgan fingerprint density at radius 2 is 1.71 bits per heavy atom. The van der Waals surface area contributed by atoms with Crippen LogP contribution in [-0.4, -0.2) is 0 Å². The molecule has 0 aliphatic heterocycles. The van der Waals surface area contributed by atoms with Gasteiger partial charge in [-0.2, -0.15) is 0 Å². The molecule has 1 aliphatic rings. The molecule has 0 atom stereocenters. The summed E-state index contributed by atoms with van der Waals surface area (Å²) in [5.41, 5.74) is 0. The SMILES string of the molecule is C[C]1([Mn+])C=CC=C1. The second-order valence-corrected chi connectivity index (χ2v) is 3.14. The van der Waals surface area contributed by atoms with Crippen molar-refractivity contribution >= 4 is 0 Å². The standard InChI is InChI=1S/C6H7.Mn/c1-6-4-2-3-5-6;/h2-5H,1H3;/q;+1. The molecular weight excluding hydrogens is 127 g/mol. The summed E-state index contributed by atoms with van der Waals surface area (Å²) in [5.74, 6) is 0. The summed E-state index contributed by atoms with van der Waals surface area (Å²) in [6.45, 7) is 2.10. The Kier molecular flexibility index (Phi) is 1.10. The Labute approximate surface area is 52.1 Å². The molecule has 0 saturated carbocycles. The van der Waals surface area contributed by atoms with Crippen molar-refractivity contribution in [3.63, 3.8) is 0 Å². The molecule has 0 unspecified atom stereocenters. The minimum absolute atomic E-state index is 0.146. The number of hydrogen-bond donors (Lipinski definition) is 0. The first-order chi connectivity index (χ1) is 3.21. The van der Waals surface area contributed by atoms with Crippen LogP contribution in [-0.2, 0) is 16.0 Å². The number of rotatable bonds is 0. The van der Waals surface area contributed by atoms with E-state index < -0.39 is 0 Å². The molecule has 1 rings (SSSR count). The zero-order valence-corrected chi connectivity index (χ0v) is 5.37. The van der Waals surface area contributed by atoms with Gasteiger partial charge in [0.25, 0.3) is 0 Å². The third kappa shape index (κ3) is 1.18. The monoisotopic (exact) mass is 134 g/mol. The molecule has 0 spiro atoms. The van der Waals surface area contributed by atoms with Crippen LogP contribution in [0.2, 0.25) is 4.31 Å². The molecule has 0 aromatic heterocycles. The molecule has 0 amide bonds. The van der Waals surface area contributed by atoms with Gasteiger partial charge < -0.3 is 0 Å². The summed E-state index contributed by atoms with van der Waals surface area (Å²) in [4.78, 5) is 0. The van der Waals surface area contributed by atoms with Gasteiger partial charge in [0.2, 0.25) is 0 Å². The molecular formula is C6H7Mn+. The average molecular weight is 134 g/mol. The van der Waals surface area contributed by atoms with E-state index in [1.54, 1.807) is 0 Å². The van der Waals surface area contributed by atoms with Gasteiger partial charge in [0.1, 0.15) is 0 Å². The molecule has 0 bridgehead atoms. The van der Waals surface area contributed by atoms with E-state index in [2.05, 4.69) is 35.1 Å². The van der Waals surface area contributed by atoms with Crippen molar-refractivity contribution in [2.75, 3.05) is 0 Å². The molecule has 0 fully saturated rings. The van der Waals surface area contributed by atoms with Crippen LogP contribution in [0, 0.1) is 0 Å². The van der Waals surface area contributed by atoms with E-state index in [1.807, 2.05) is 12.2 Å². The number of allylic oxidation sites excluding steroid dienone is 4. The summed E-state index contributed by atoms with van der Waals surface area (Å²) < 4.78 is 0.146. The van der Waals surface area contributed by atoms with Crippen molar-refractivity contribution < 1.29 is 16.0 Å². The third-order valence-electron chi connectivity index (χ3n) is 0.955. The van der Waals surface area contributed by atoms with Crippen molar-refractivity contribution in [3.8, 4) is 0 Å². The Morgan fingerprint density at radius 3 is 1.86 bits per heavy atom. The van der Waals surface area contributed by atoms with E-state index in [-0.39, 0.29) is 4.31 Å². The van der Waals surface area contributed by atoms with E-state index in [4.69, 9.17) is 0 Å². The van der Waals surface area contributed by atoms with E-state index in [1.165, 1.54) is 0 Å². The first-order valence-electron chi connectivity index (χ1n) is 2.27. The van der Waals surface area contributed by atoms with Gasteiger partial charge in [-0.1, -0.05) is 0 Å². The molecule has 1 heteroatoms. The van der Waals surface area contributed by atoms with Gasteiger partial charge >= 0.3 is 51.6 Å². The van der Waals surface area contributed by atoms with Gasteiger partial charge in [-0.05, 0) is 0 Å². The maximum absolute atomic E-state index is 3.47. The predicted octanol–water partition coefficient (Wildman–Crippen LogP) is 1.84. The van der Waals surface area contributed by atoms with Gasteiger partial charge in [-0.15, -0.1) is 0 Å². The van der Waals surface area contributed by atoms with Crippen LogP contribution >= 0.6 is 0 Å². The molecule has 0 N–H and O–H groups in total. The van der Waals surface area contributed by atoms with Gasteiger partial charge in [0.05, 0.1) is 0 Å². The molecule has 0 radical (unpaired) electrons. The van der Waals surface area contributed by atoms with Gasteiger partial charge in [-0.25, -0.2) is 0 Å². The van der Waals surface area contributed by atoms with Crippen molar-refractivity contribution in [3.05, 3.63) is 24.3 Å². The van der Waals surface area contributed by atoms with Gasteiger partial charge in [0.15, 0.2) is 0 Å². The second kappa shape index (κ2) is 1.50. The summed E-state index contributed by atoms with van der Waals surface area (Å²) in [5, 5.41) is 0. The predicted molar refractivity (Wildman–Crippen MR) is 26.6 cm³/mol. The fourth-order valence-corrected chi connectivity index (χ4v) is 0.770. The van der Waals surface area contributed by atoms with Crippen LogP contribution in [0.25, 0.3) is 0 Å². The van der Waals surface area contributed by atoms with Crippen LogP contribution in [0.4, 0.5) is 0 Å². The summed E-state index contributed by atoms with van der Waals surface area (Å²) in [6.07, 6.45) is 8.28. The molecule has 0 aromatic rings. The Morgan fingerprint density at radius 1 is 1.29 bits per heavy atom. The maximum atomic E-state index is 3.47. The fourth-order valence-electron chi connectivity index (χ4n) is 0.543. The van der Waals surface area contributed by atoms with Gasteiger partial charge in [0, 0.05) is 0 Å². The van der Waals surface area contributed by atoms with E-state index >= 15 is 0 Å². The van der Waals surface area contributed by atoms with Crippen molar-refractivity contribution in [2.45, 2.75) is 11.2 Å². The second-order valence-electron chi connectivity index (χ2n) is 1.87. The molecule has 0 nitrogen and oxygen atoms in total. The molecule has 0 saturated heterocycles. The average Bonchev–Trinajstić information content (AvgIpc) is 1.84. The molecule has 37 valence electrons. The van der Waals surface area contributed by atoms with Crippen LogP contribution in [0.1, 0.15) is 6.92 Å². The topological polar surface area (TPSA) is 0 Å². The van der Waals surface area contributed by atoms with E-state index in [0.29, 0.717) is 0 Å². The Hall–Kier alpha value is -0.000519. The van der Waals surface area contributed by atoms with Crippen LogP contribution in [0.3, 0.4) is 0 Å². The van der Waals surface area contributed by atoms with E-state index in [9.17, 15) is 0 Å². The fraction of sp³-hybridized carbons (Fsp3) is 0.333. The quantitative estimate of drug-likeness (QED) is 0.443. The Bertz CT molecular complexity index is 106. The summed E-state index contributed by atoms with van der Waals surface area (Å²) >= 11 is 3.47. The van der Waals surface area contributed by atoms with Crippen LogP contribution in [0.5, 0.6) is 0 Å². The normalized spacial score (nSPS) is 23.6. The molecule has 7 heavy (non-hydrogen) atoms. The van der Waals surface area contributed by atoms with Crippen molar-refractivity contribution in [2.24, 2.45) is 0 Å². The molecule has 0 heterocycles. The van der Waals surface area contributed by atoms with E-state index in [0.717, 1.165) is 0 Å². The molecule has 1 aliphatic carbocycles. The summed E-state index contributed by atoms with van der Waals surface area (Å²) in [6, 6.07) is 0. The van der Waals surface area contributed by atoms with Gasteiger partial charge in [-0.3, -0.25) is 0 Å². The zero-order valence-electron chi connectivity index (χ0n) is 4.19. The first-order valence-corrected chi connectivity index (χ1v) is 2.86. The van der Waals surface area contributed by atoms with Crippen LogP contribution < -0.4 is 0 Å². The van der Waals surface area contributed by atoms with Crippen molar-refractivity contribution in [1.29, 1.82) is 0 Å². The first kappa shape index (κ1) is 5.14. The third-order valence-corrected chi connectivity index (χ3v) is 1.35.